The summed E-state index contributed by atoms with van der Waals surface area (Å²) in [4.78, 5) is 0. The average Bonchev–Trinajstić information content (AvgIpc) is 2.34. The molecule has 1 rings (SSSR count). The monoisotopic (exact) mass is 253 g/mol. The zero-order chi connectivity index (χ0) is 13.4. The Hall–Kier alpha value is -1.60. The zero-order valence-corrected chi connectivity index (χ0v) is 10.4. The summed E-state index contributed by atoms with van der Waals surface area (Å²) in [5.41, 5.74) is 0.558. The Morgan fingerprint density at radius 3 is 2.56 bits per heavy atom. The van der Waals surface area contributed by atoms with Crippen LogP contribution in [0, 0.1) is 24.0 Å². The summed E-state index contributed by atoms with van der Waals surface area (Å²) in [7, 11) is 0. The molecular formula is C14H17F2NO. The minimum Gasteiger partial charge on any atom is -0.488 e. The van der Waals surface area contributed by atoms with Crippen molar-refractivity contribution in [2.75, 3.05) is 13.2 Å². The molecule has 1 aromatic carbocycles. The number of benzene rings is 1. The third kappa shape index (κ3) is 4.34. The van der Waals surface area contributed by atoms with Crippen LogP contribution in [0.3, 0.4) is 0 Å². The first-order valence-electron chi connectivity index (χ1n) is 5.94. The first kappa shape index (κ1) is 14.5. The van der Waals surface area contributed by atoms with Gasteiger partial charge in [0, 0.05) is 13.0 Å². The second kappa shape index (κ2) is 7.67. The second-order valence-electron chi connectivity index (χ2n) is 3.83. The highest BCUT2D eigenvalue weighted by atomic mass is 19.1. The molecule has 4 heteroatoms. The quantitative estimate of drug-likeness (QED) is 0.596. The predicted molar refractivity (Wildman–Crippen MR) is 67.3 cm³/mol. The molecule has 2 nitrogen and oxygen atoms in total. The number of rotatable bonds is 7. The maximum Gasteiger partial charge on any atom is 0.190 e. The third-order valence-corrected chi connectivity index (χ3v) is 2.35. The Bertz CT molecular complexity index is 403. The molecule has 0 saturated carbocycles. The number of ether oxygens (including phenoxy) is 1. The van der Waals surface area contributed by atoms with E-state index in [1.165, 1.54) is 12.1 Å². The fraction of sp³-hybridized carbons (Fsp3) is 0.429. The highest BCUT2D eigenvalue weighted by Gasteiger charge is 2.12. The number of nitrogens with one attached hydrogen (secondary N) is 1. The number of unbranched alkanes of at least 4 members (excludes halogenated alkanes) is 1. The van der Waals surface area contributed by atoms with Crippen LogP contribution in [0.15, 0.2) is 12.1 Å². The molecule has 98 valence electrons. The van der Waals surface area contributed by atoms with Gasteiger partial charge in [-0.25, -0.2) is 8.78 Å². The Balaban J connectivity index is 2.66. The van der Waals surface area contributed by atoms with Gasteiger partial charge in [0.25, 0.3) is 0 Å². The van der Waals surface area contributed by atoms with Crippen molar-refractivity contribution in [1.29, 1.82) is 0 Å². The molecule has 0 amide bonds. The van der Waals surface area contributed by atoms with Crippen LogP contribution in [-0.2, 0) is 6.54 Å². The molecule has 0 atom stereocenters. The average molecular weight is 253 g/mol. The number of hydrogen-bond donors (Lipinski definition) is 1. The highest BCUT2D eigenvalue weighted by molar-refractivity contribution is 5.31. The highest BCUT2D eigenvalue weighted by Crippen LogP contribution is 2.23. The van der Waals surface area contributed by atoms with E-state index in [2.05, 4.69) is 11.2 Å². The van der Waals surface area contributed by atoms with E-state index in [4.69, 9.17) is 11.2 Å². The van der Waals surface area contributed by atoms with E-state index in [-0.39, 0.29) is 12.4 Å². The summed E-state index contributed by atoms with van der Waals surface area (Å²) >= 11 is 0. The predicted octanol–water partition coefficient (Wildman–Crippen LogP) is 2.87. The van der Waals surface area contributed by atoms with Crippen molar-refractivity contribution >= 4 is 0 Å². The van der Waals surface area contributed by atoms with Gasteiger partial charge in [0.05, 0.1) is 6.61 Å². The lowest BCUT2D eigenvalue weighted by molar-refractivity contribution is 0.281. The van der Waals surface area contributed by atoms with Gasteiger partial charge in [-0.15, -0.1) is 12.3 Å². The molecule has 0 unspecified atom stereocenters. The van der Waals surface area contributed by atoms with Gasteiger partial charge in [-0.05, 0) is 30.7 Å². The molecule has 0 saturated heterocycles. The van der Waals surface area contributed by atoms with Crippen molar-refractivity contribution in [2.45, 2.75) is 26.3 Å². The normalized spacial score (nSPS) is 10.1. The SMILES string of the molecule is C#CCCCOc1c(F)cc(CNCC)cc1F. The largest absolute Gasteiger partial charge is 0.488 e. The van der Waals surface area contributed by atoms with Gasteiger partial charge in [0.1, 0.15) is 0 Å². The van der Waals surface area contributed by atoms with Crippen molar-refractivity contribution in [1.82, 2.24) is 5.32 Å². The smallest absolute Gasteiger partial charge is 0.190 e. The standard InChI is InChI=1S/C14H17F2NO/c1-3-5-6-7-18-14-12(15)8-11(9-13(14)16)10-17-4-2/h1,8-9,17H,4-7,10H2,2H3. The van der Waals surface area contributed by atoms with Crippen LogP contribution in [0.1, 0.15) is 25.3 Å². The van der Waals surface area contributed by atoms with Crippen molar-refractivity contribution in [3.63, 3.8) is 0 Å². The van der Waals surface area contributed by atoms with E-state index in [1.807, 2.05) is 6.92 Å². The first-order chi connectivity index (χ1) is 8.69. The van der Waals surface area contributed by atoms with Gasteiger partial charge < -0.3 is 10.1 Å². The van der Waals surface area contributed by atoms with Gasteiger partial charge >= 0.3 is 0 Å². The Morgan fingerprint density at radius 2 is 2.00 bits per heavy atom. The molecule has 0 aromatic heterocycles. The molecule has 0 radical (unpaired) electrons. The minimum atomic E-state index is -0.677. The summed E-state index contributed by atoms with van der Waals surface area (Å²) in [5.74, 6) is 0.759. The summed E-state index contributed by atoms with van der Waals surface area (Å²) in [6.45, 7) is 3.32. The van der Waals surface area contributed by atoms with Gasteiger partial charge in [-0.1, -0.05) is 6.92 Å². The Labute approximate surface area is 106 Å². The van der Waals surface area contributed by atoms with Crippen LogP contribution in [0.4, 0.5) is 8.78 Å². The molecule has 1 N–H and O–H groups in total. The van der Waals surface area contributed by atoms with E-state index >= 15 is 0 Å². The molecule has 0 aliphatic rings. The number of terminal acetylenes is 1. The van der Waals surface area contributed by atoms with Crippen molar-refractivity contribution in [2.24, 2.45) is 0 Å². The molecule has 1 aromatic rings. The third-order valence-electron chi connectivity index (χ3n) is 2.35. The lowest BCUT2D eigenvalue weighted by Crippen LogP contribution is -2.12. The Morgan fingerprint density at radius 1 is 1.33 bits per heavy atom. The van der Waals surface area contributed by atoms with E-state index in [9.17, 15) is 8.78 Å². The summed E-state index contributed by atoms with van der Waals surface area (Å²) in [6, 6.07) is 2.56. The van der Waals surface area contributed by atoms with E-state index in [0.29, 0.717) is 24.9 Å². The van der Waals surface area contributed by atoms with Gasteiger partial charge in [0.15, 0.2) is 17.4 Å². The lowest BCUT2D eigenvalue weighted by atomic mass is 10.2. The number of halogens is 2. The summed E-state index contributed by atoms with van der Waals surface area (Å²) in [5, 5.41) is 3.00. The van der Waals surface area contributed by atoms with Crippen LogP contribution >= 0.6 is 0 Å². The van der Waals surface area contributed by atoms with E-state index < -0.39 is 11.6 Å². The van der Waals surface area contributed by atoms with Gasteiger partial charge in [0.2, 0.25) is 0 Å². The summed E-state index contributed by atoms with van der Waals surface area (Å²) in [6.07, 6.45) is 6.18. The molecule has 0 aliphatic heterocycles. The summed E-state index contributed by atoms with van der Waals surface area (Å²) < 4.78 is 32.3. The molecule has 18 heavy (non-hydrogen) atoms. The second-order valence-corrected chi connectivity index (χ2v) is 3.83. The molecule has 0 spiro atoms. The van der Waals surface area contributed by atoms with Gasteiger partial charge in [-0.3, -0.25) is 0 Å². The van der Waals surface area contributed by atoms with Crippen LogP contribution in [0.25, 0.3) is 0 Å². The fourth-order valence-electron chi connectivity index (χ4n) is 1.47. The fourth-order valence-corrected chi connectivity index (χ4v) is 1.47. The molecular weight excluding hydrogens is 236 g/mol. The maximum absolute atomic E-state index is 13.6. The van der Waals surface area contributed by atoms with Crippen LogP contribution in [0.2, 0.25) is 0 Å². The first-order valence-corrected chi connectivity index (χ1v) is 5.94. The van der Waals surface area contributed by atoms with Crippen LogP contribution in [0.5, 0.6) is 5.75 Å². The molecule has 0 bridgehead atoms. The maximum atomic E-state index is 13.6. The Kier molecular flexibility index (Phi) is 6.16. The van der Waals surface area contributed by atoms with Crippen LogP contribution in [-0.4, -0.2) is 13.2 Å². The molecule has 0 fully saturated rings. The minimum absolute atomic E-state index is 0.213. The molecule has 0 heterocycles. The van der Waals surface area contributed by atoms with Crippen molar-refractivity contribution < 1.29 is 13.5 Å². The van der Waals surface area contributed by atoms with Crippen molar-refractivity contribution in [3.8, 4) is 18.1 Å². The van der Waals surface area contributed by atoms with Crippen LogP contribution < -0.4 is 10.1 Å². The molecule has 0 aliphatic carbocycles. The van der Waals surface area contributed by atoms with Gasteiger partial charge in [-0.2, -0.15) is 0 Å². The zero-order valence-electron chi connectivity index (χ0n) is 10.4. The van der Waals surface area contributed by atoms with Crippen molar-refractivity contribution in [3.05, 3.63) is 29.3 Å². The number of hydrogen-bond acceptors (Lipinski definition) is 2. The van der Waals surface area contributed by atoms with E-state index in [0.717, 1.165) is 6.54 Å². The lowest BCUT2D eigenvalue weighted by Gasteiger charge is -2.10. The topological polar surface area (TPSA) is 21.3 Å². The van der Waals surface area contributed by atoms with E-state index in [1.54, 1.807) is 0 Å².